The van der Waals surface area contributed by atoms with E-state index < -0.39 is 19.6 Å². The monoisotopic (exact) mass is 384 g/mol. The molecule has 108 valence electrons. The summed E-state index contributed by atoms with van der Waals surface area (Å²) in [6, 6.07) is 2.48. The van der Waals surface area contributed by atoms with Gasteiger partial charge in [-0.1, -0.05) is 27.3 Å². The molecular formula is C10H8BrF2N2O3PS. The maximum Gasteiger partial charge on any atom is 0.340 e. The fourth-order valence-electron chi connectivity index (χ4n) is 1.49. The van der Waals surface area contributed by atoms with E-state index in [4.69, 9.17) is 9.79 Å². The fourth-order valence-corrected chi connectivity index (χ4v) is 3.72. The van der Waals surface area contributed by atoms with Gasteiger partial charge in [0.05, 0.1) is 10.2 Å². The lowest BCUT2D eigenvalue weighted by Gasteiger charge is -2.18. The van der Waals surface area contributed by atoms with E-state index in [2.05, 4.69) is 26.2 Å². The lowest BCUT2D eigenvalue weighted by atomic mass is 10.2. The number of amides is 1. The van der Waals surface area contributed by atoms with E-state index in [1.54, 1.807) is 0 Å². The summed E-state index contributed by atoms with van der Waals surface area (Å²) in [4.78, 5) is 32.6. The summed E-state index contributed by atoms with van der Waals surface area (Å²) in [5, 5.41) is 2.75. The highest BCUT2D eigenvalue weighted by Crippen LogP contribution is 2.54. The molecule has 1 heterocycles. The van der Waals surface area contributed by atoms with Crippen LogP contribution in [-0.4, -0.2) is 20.7 Å². The molecular weight excluding hydrogens is 377 g/mol. The van der Waals surface area contributed by atoms with E-state index in [-0.39, 0.29) is 21.0 Å². The van der Waals surface area contributed by atoms with Gasteiger partial charge in [0.1, 0.15) is 0 Å². The number of fused-ring (bicyclic) bond motifs is 1. The molecule has 0 spiro atoms. The van der Waals surface area contributed by atoms with Gasteiger partial charge in [-0.15, -0.1) is 0 Å². The van der Waals surface area contributed by atoms with Crippen LogP contribution in [0.3, 0.4) is 0 Å². The van der Waals surface area contributed by atoms with E-state index >= 15 is 0 Å². The first kappa shape index (κ1) is 15.7. The Hall–Kier alpha value is -0.730. The number of hydrogen-bond donors (Lipinski definition) is 3. The minimum Gasteiger partial charge on any atom is -0.346 e. The molecule has 0 bridgehead atoms. The van der Waals surface area contributed by atoms with Crippen LogP contribution >= 0.6 is 35.6 Å². The van der Waals surface area contributed by atoms with Crippen molar-refractivity contribution >= 4 is 56.9 Å². The number of nitrogens with zero attached hydrogens (tertiary/aromatic N) is 1. The van der Waals surface area contributed by atoms with E-state index in [1.165, 1.54) is 13.0 Å². The molecule has 0 aliphatic carbocycles. The van der Waals surface area contributed by atoms with E-state index in [9.17, 15) is 13.6 Å². The summed E-state index contributed by atoms with van der Waals surface area (Å²) in [6.07, 6.45) is 0. The fraction of sp³-hybridized carbons (Fsp3) is 0.200. The van der Waals surface area contributed by atoms with Crippen LogP contribution in [0, 0.1) is 0 Å². The van der Waals surface area contributed by atoms with Crippen LogP contribution in [0.25, 0.3) is 10.2 Å². The number of hydrogen-bond acceptors (Lipinski definition) is 5. The number of alkyl halides is 2. The predicted molar refractivity (Wildman–Crippen MR) is 76.9 cm³/mol. The molecule has 3 N–H and O–H groups in total. The summed E-state index contributed by atoms with van der Waals surface area (Å²) in [7, 11) is -3.46. The van der Waals surface area contributed by atoms with Gasteiger partial charge in [0.2, 0.25) is 14.3 Å². The van der Waals surface area contributed by atoms with Gasteiger partial charge in [0.25, 0.3) is 0 Å². The molecule has 20 heavy (non-hydrogen) atoms. The van der Waals surface area contributed by atoms with Gasteiger partial charge < -0.3 is 15.1 Å². The van der Waals surface area contributed by atoms with Crippen LogP contribution in [0.4, 0.5) is 13.9 Å². The molecule has 10 heteroatoms. The van der Waals surface area contributed by atoms with Crippen molar-refractivity contribution in [2.24, 2.45) is 0 Å². The van der Waals surface area contributed by atoms with Gasteiger partial charge in [0, 0.05) is 17.0 Å². The average molecular weight is 385 g/mol. The summed E-state index contributed by atoms with van der Waals surface area (Å²) >= 11 is 4.11. The zero-order chi connectivity index (χ0) is 15.1. The number of carbonyl (C=O) groups is 1. The molecule has 0 saturated heterocycles. The first-order valence-corrected chi connectivity index (χ1v) is 8.01. The molecule has 2 rings (SSSR count). The van der Waals surface area contributed by atoms with Gasteiger partial charge in [-0.3, -0.25) is 4.79 Å². The molecule has 0 atom stereocenters. The zero-order valence-electron chi connectivity index (χ0n) is 9.89. The standard InChI is InChI=1S/C10H8BrF2N2O3PS/c1-4(16)14-9-15-7-2-5(10(12,13)19(17)18)6(11)3-8(7)20-9/h2-3,17-18H,1H3,(H,14,15,16). The third-order valence-electron chi connectivity index (χ3n) is 2.34. The van der Waals surface area contributed by atoms with Gasteiger partial charge in [-0.2, -0.15) is 8.78 Å². The summed E-state index contributed by atoms with van der Waals surface area (Å²) in [5.74, 6) is -0.317. The summed E-state index contributed by atoms with van der Waals surface area (Å²) in [6.45, 7) is 1.31. The lowest BCUT2D eigenvalue weighted by molar-refractivity contribution is -0.114. The van der Waals surface area contributed by atoms with Crippen molar-refractivity contribution in [2.75, 3.05) is 5.32 Å². The first-order chi connectivity index (χ1) is 9.21. The van der Waals surface area contributed by atoms with E-state index in [1.807, 2.05) is 0 Å². The summed E-state index contributed by atoms with van der Waals surface area (Å²) in [5.41, 5.74) is -4.07. The molecule has 1 aromatic carbocycles. The minimum absolute atomic E-state index is 0.0450. The topological polar surface area (TPSA) is 82.5 Å². The number of rotatable bonds is 3. The van der Waals surface area contributed by atoms with E-state index in [0.717, 1.165) is 17.4 Å². The number of aromatic nitrogens is 1. The van der Waals surface area contributed by atoms with Crippen molar-refractivity contribution in [3.8, 4) is 0 Å². The second-order valence-corrected chi connectivity index (χ2v) is 6.86. The largest absolute Gasteiger partial charge is 0.346 e. The Labute approximate surface area is 125 Å². The van der Waals surface area contributed by atoms with Crippen LogP contribution in [0.2, 0.25) is 0 Å². The van der Waals surface area contributed by atoms with Crippen LogP contribution in [-0.2, 0) is 10.5 Å². The Bertz CT molecular complexity index is 680. The second-order valence-electron chi connectivity index (χ2n) is 3.83. The number of halogens is 3. The van der Waals surface area contributed by atoms with Crippen molar-refractivity contribution in [1.29, 1.82) is 0 Å². The van der Waals surface area contributed by atoms with Gasteiger partial charge in [-0.05, 0) is 12.1 Å². The van der Waals surface area contributed by atoms with Crippen molar-refractivity contribution in [2.45, 2.75) is 12.6 Å². The third kappa shape index (κ3) is 2.96. The SMILES string of the molecule is CC(=O)Nc1nc2cc(C(F)(F)P(O)O)c(Br)cc2s1. The van der Waals surface area contributed by atoms with E-state index in [0.29, 0.717) is 4.70 Å². The van der Waals surface area contributed by atoms with Gasteiger partial charge >= 0.3 is 5.66 Å². The molecule has 5 nitrogen and oxygen atoms in total. The van der Waals surface area contributed by atoms with Crippen molar-refractivity contribution in [1.82, 2.24) is 4.98 Å². The third-order valence-corrected chi connectivity index (χ3v) is 4.67. The Morgan fingerprint density at radius 1 is 1.50 bits per heavy atom. The average Bonchev–Trinajstić information content (AvgIpc) is 2.67. The molecule has 0 aliphatic heterocycles. The molecule has 2 aromatic rings. The zero-order valence-corrected chi connectivity index (χ0v) is 13.2. The van der Waals surface area contributed by atoms with Gasteiger partial charge in [0.15, 0.2) is 5.13 Å². The molecule has 0 unspecified atom stereocenters. The van der Waals surface area contributed by atoms with Crippen LogP contribution < -0.4 is 5.32 Å². The maximum atomic E-state index is 13.7. The Balaban J connectivity index is 2.54. The highest BCUT2D eigenvalue weighted by Gasteiger charge is 2.42. The molecule has 0 saturated carbocycles. The predicted octanol–water partition coefficient (Wildman–Crippen LogP) is 3.36. The Morgan fingerprint density at radius 3 is 2.70 bits per heavy atom. The highest BCUT2D eigenvalue weighted by molar-refractivity contribution is 9.10. The Kier molecular flexibility index (Phi) is 4.36. The van der Waals surface area contributed by atoms with Crippen molar-refractivity contribution < 1.29 is 23.4 Å². The lowest BCUT2D eigenvalue weighted by Crippen LogP contribution is -2.11. The smallest absolute Gasteiger partial charge is 0.340 e. The minimum atomic E-state index is -3.76. The molecule has 0 fully saturated rings. The number of carbonyl (C=O) groups excluding carboxylic acids is 1. The Morgan fingerprint density at radius 2 is 2.15 bits per heavy atom. The van der Waals surface area contributed by atoms with Crippen LogP contribution in [0.5, 0.6) is 0 Å². The van der Waals surface area contributed by atoms with Gasteiger partial charge in [-0.25, -0.2) is 4.98 Å². The first-order valence-electron chi connectivity index (χ1n) is 5.15. The number of benzene rings is 1. The molecule has 0 radical (unpaired) electrons. The van der Waals surface area contributed by atoms with Crippen LogP contribution in [0.15, 0.2) is 16.6 Å². The normalized spacial score (nSPS) is 12.2. The quantitative estimate of drug-likeness (QED) is 0.708. The number of anilines is 1. The molecule has 1 amide bonds. The molecule has 0 aliphatic rings. The number of nitrogens with one attached hydrogen (secondary N) is 1. The summed E-state index contributed by atoms with van der Waals surface area (Å²) < 4.78 is 28.0. The van der Waals surface area contributed by atoms with Crippen molar-refractivity contribution in [3.63, 3.8) is 0 Å². The highest BCUT2D eigenvalue weighted by atomic mass is 79.9. The van der Waals surface area contributed by atoms with Crippen molar-refractivity contribution in [3.05, 3.63) is 22.2 Å². The number of thiazole rings is 1. The molecule has 1 aromatic heterocycles. The van der Waals surface area contributed by atoms with Crippen LogP contribution in [0.1, 0.15) is 12.5 Å². The second kappa shape index (κ2) is 5.57. The maximum absolute atomic E-state index is 13.7.